The number of aromatic nitrogens is 1. The summed E-state index contributed by atoms with van der Waals surface area (Å²) in [5.41, 5.74) is 5.88. The Morgan fingerprint density at radius 1 is 1.56 bits per heavy atom. The van der Waals surface area contributed by atoms with Gasteiger partial charge in [-0.25, -0.2) is 0 Å². The molecule has 0 bridgehead atoms. The Morgan fingerprint density at radius 3 is 2.69 bits per heavy atom. The van der Waals surface area contributed by atoms with Gasteiger partial charge in [0.2, 0.25) is 5.91 Å². The van der Waals surface area contributed by atoms with Crippen molar-refractivity contribution in [3.05, 3.63) is 22.9 Å². The van der Waals surface area contributed by atoms with E-state index in [-0.39, 0.29) is 5.91 Å². The number of nitrogens with zero attached hydrogens (tertiary/aromatic N) is 1. The van der Waals surface area contributed by atoms with Gasteiger partial charge in [-0.1, -0.05) is 13.8 Å². The number of pyridine rings is 1. The molecule has 0 spiro atoms. The number of carbonyl (C=O) groups excluding carboxylic acids is 1. The third-order valence-corrected chi connectivity index (χ3v) is 3.37. The molecule has 1 heterocycles. The molecule has 4 nitrogen and oxygen atoms in total. The molecule has 1 rings (SSSR count). The first kappa shape index (κ1) is 13.1. The van der Waals surface area contributed by atoms with Gasteiger partial charge in [0.15, 0.2) is 0 Å². The Labute approximate surface area is 104 Å². The fraction of sp³-hybridized carbons (Fsp3) is 0.455. The Bertz CT molecular complexity index is 377. The molecular formula is C11H16BrN3O. The van der Waals surface area contributed by atoms with Crippen molar-refractivity contribution in [1.82, 2.24) is 4.98 Å². The maximum absolute atomic E-state index is 12.0. The van der Waals surface area contributed by atoms with Crippen LogP contribution in [0.25, 0.3) is 0 Å². The quantitative estimate of drug-likeness (QED) is 0.892. The summed E-state index contributed by atoms with van der Waals surface area (Å²) in [4.78, 5) is 15.9. The van der Waals surface area contributed by atoms with Gasteiger partial charge in [-0.15, -0.1) is 0 Å². The van der Waals surface area contributed by atoms with Crippen LogP contribution in [-0.4, -0.2) is 16.4 Å². The van der Waals surface area contributed by atoms with Gasteiger partial charge in [-0.2, -0.15) is 0 Å². The first-order valence-corrected chi connectivity index (χ1v) is 6.02. The third kappa shape index (κ3) is 2.80. The van der Waals surface area contributed by atoms with E-state index in [2.05, 4.69) is 26.2 Å². The second kappa shape index (κ2) is 5.41. The molecular weight excluding hydrogens is 270 g/mol. The van der Waals surface area contributed by atoms with Gasteiger partial charge in [0.25, 0.3) is 0 Å². The predicted octanol–water partition coefficient (Wildman–Crippen LogP) is 2.30. The summed E-state index contributed by atoms with van der Waals surface area (Å²) in [6, 6.07) is 1.73. The SMILES string of the molecule is CCC(N)(CC)C(=O)Nc1ccncc1Br. The van der Waals surface area contributed by atoms with Crippen molar-refractivity contribution in [2.75, 3.05) is 5.32 Å². The summed E-state index contributed by atoms with van der Waals surface area (Å²) in [6.07, 6.45) is 4.47. The lowest BCUT2D eigenvalue weighted by molar-refractivity contribution is -0.121. The van der Waals surface area contributed by atoms with Crippen molar-refractivity contribution < 1.29 is 4.79 Å². The minimum atomic E-state index is -0.803. The number of rotatable bonds is 4. The fourth-order valence-electron chi connectivity index (χ4n) is 1.29. The van der Waals surface area contributed by atoms with E-state index in [9.17, 15) is 4.79 Å². The van der Waals surface area contributed by atoms with Crippen molar-refractivity contribution in [3.63, 3.8) is 0 Å². The molecule has 1 amide bonds. The monoisotopic (exact) mass is 285 g/mol. The molecule has 0 aliphatic carbocycles. The average Bonchev–Trinajstić information content (AvgIpc) is 2.31. The fourth-order valence-corrected chi connectivity index (χ4v) is 1.64. The van der Waals surface area contributed by atoms with Gasteiger partial charge in [-0.3, -0.25) is 9.78 Å². The maximum atomic E-state index is 12.0. The van der Waals surface area contributed by atoms with Crippen LogP contribution in [0.5, 0.6) is 0 Å². The Balaban J connectivity index is 2.83. The van der Waals surface area contributed by atoms with Gasteiger partial charge in [0.05, 0.1) is 15.7 Å². The summed E-state index contributed by atoms with van der Waals surface area (Å²) in [7, 11) is 0. The number of amides is 1. The topological polar surface area (TPSA) is 68.0 Å². The first-order chi connectivity index (χ1) is 7.53. The van der Waals surface area contributed by atoms with Crippen molar-refractivity contribution >= 4 is 27.5 Å². The molecule has 0 saturated heterocycles. The van der Waals surface area contributed by atoms with Gasteiger partial charge >= 0.3 is 0 Å². The summed E-state index contributed by atoms with van der Waals surface area (Å²) < 4.78 is 0.748. The molecule has 0 saturated carbocycles. The van der Waals surface area contributed by atoms with E-state index in [1.165, 1.54) is 0 Å². The number of nitrogens with two attached hydrogens (primary N) is 1. The van der Waals surface area contributed by atoms with E-state index >= 15 is 0 Å². The second-order valence-corrected chi connectivity index (χ2v) is 4.53. The molecule has 1 aromatic rings. The van der Waals surface area contributed by atoms with E-state index in [1.54, 1.807) is 18.5 Å². The molecule has 0 unspecified atom stereocenters. The molecule has 5 heteroatoms. The second-order valence-electron chi connectivity index (χ2n) is 3.67. The lowest BCUT2D eigenvalue weighted by Crippen LogP contribution is -2.50. The molecule has 0 fully saturated rings. The molecule has 0 aromatic carbocycles. The number of hydrogen-bond acceptors (Lipinski definition) is 3. The highest BCUT2D eigenvalue weighted by atomic mass is 79.9. The van der Waals surface area contributed by atoms with Crippen LogP contribution < -0.4 is 11.1 Å². The standard InChI is InChI=1S/C11H16BrN3O/c1-3-11(13,4-2)10(16)15-9-5-6-14-7-8(9)12/h5-7H,3-4,13H2,1-2H3,(H,14,15,16). The zero-order valence-electron chi connectivity index (χ0n) is 9.46. The minimum absolute atomic E-state index is 0.163. The van der Waals surface area contributed by atoms with Crippen LogP contribution in [0.15, 0.2) is 22.9 Å². The van der Waals surface area contributed by atoms with Crippen molar-refractivity contribution in [2.45, 2.75) is 32.2 Å². The van der Waals surface area contributed by atoms with Crippen molar-refractivity contribution in [1.29, 1.82) is 0 Å². The lowest BCUT2D eigenvalue weighted by Gasteiger charge is -2.25. The van der Waals surface area contributed by atoms with Gasteiger partial charge in [-0.05, 0) is 34.8 Å². The molecule has 0 aliphatic rings. The Kier molecular flexibility index (Phi) is 4.44. The molecule has 88 valence electrons. The van der Waals surface area contributed by atoms with E-state index in [4.69, 9.17) is 5.73 Å². The lowest BCUT2D eigenvalue weighted by atomic mass is 9.93. The van der Waals surface area contributed by atoms with Gasteiger partial charge in [0.1, 0.15) is 0 Å². The van der Waals surface area contributed by atoms with E-state index in [0.29, 0.717) is 18.5 Å². The van der Waals surface area contributed by atoms with Crippen LogP contribution in [0.2, 0.25) is 0 Å². The highest BCUT2D eigenvalue weighted by Crippen LogP contribution is 2.22. The summed E-state index contributed by atoms with van der Waals surface area (Å²) >= 11 is 3.32. The summed E-state index contributed by atoms with van der Waals surface area (Å²) in [6.45, 7) is 3.81. The molecule has 0 aliphatic heterocycles. The first-order valence-electron chi connectivity index (χ1n) is 5.23. The third-order valence-electron chi connectivity index (χ3n) is 2.73. The van der Waals surface area contributed by atoms with Crippen LogP contribution in [0.4, 0.5) is 5.69 Å². The highest BCUT2D eigenvalue weighted by molar-refractivity contribution is 9.10. The molecule has 1 aromatic heterocycles. The summed E-state index contributed by atoms with van der Waals surface area (Å²) in [5, 5.41) is 2.80. The van der Waals surface area contributed by atoms with Gasteiger partial charge in [0, 0.05) is 12.4 Å². The van der Waals surface area contributed by atoms with E-state index in [0.717, 1.165) is 4.47 Å². The molecule has 3 N–H and O–H groups in total. The number of nitrogens with one attached hydrogen (secondary N) is 1. The number of anilines is 1. The van der Waals surface area contributed by atoms with E-state index in [1.807, 2.05) is 13.8 Å². The molecule has 0 atom stereocenters. The van der Waals surface area contributed by atoms with Crippen LogP contribution >= 0.6 is 15.9 Å². The smallest absolute Gasteiger partial charge is 0.244 e. The minimum Gasteiger partial charge on any atom is -0.323 e. The zero-order valence-corrected chi connectivity index (χ0v) is 11.0. The van der Waals surface area contributed by atoms with Gasteiger partial charge < -0.3 is 11.1 Å². The highest BCUT2D eigenvalue weighted by Gasteiger charge is 2.30. The average molecular weight is 286 g/mol. The number of carbonyl (C=O) groups is 1. The zero-order chi connectivity index (χ0) is 12.2. The number of hydrogen-bond donors (Lipinski definition) is 2. The Hall–Kier alpha value is -0.940. The maximum Gasteiger partial charge on any atom is 0.244 e. The van der Waals surface area contributed by atoms with Crippen molar-refractivity contribution in [3.8, 4) is 0 Å². The van der Waals surface area contributed by atoms with Crippen molar-refractivity contribution in [2.24, 2.45) is 5.73 Å². The largest absolute Gasteiger partial charge is 0.323 e. The number of halogens is 1. The van der Waals surface area contributed by atoms with Crippen LogP contribution in [0.1, 0.15) is 26.7 Å². The Morgan fingerprint density at radius 2 is 2.19 bits per heavy atom. The normalized spacial score (nSPS) is 11.2. The summed E-state index contributed by atoms with van der Waals surface area (Å²) in [5.74, 6) is -0.163. The van der Waals surface area contributed by atoms with Crippen LogP contribution in [0.3, 0.4) is 0 Å². The molecule has 16 heavy (non-hydrogen) atoms. The van der Waals surface area contributed by atoms with Crippen LogP contribution in [-0.2, 0) is 4.79 Å². The predicted molar refractivity (Wildman–Crippen MR) is 68.1 cm³/mol. The van der Waals surface area contributed by atoms with E-state index < -0.39 is 5.54 Å². The van der Waals surface area contributed by atoms with Crippen LogP contribution in [0, 0.1) is 0 Å². The molecule has 0 radical (unpaired) electrons.